The summed E-state index contributed by atoms with van der Waals surface area (Å²) in [7, 11) is 3.93. The van der Waals surface area contributed by atoms with Crippen molar-refractivity contribution in [3.63, 3.8) is 0 Å². The van der Waals surface area contributed by atoms with Gasteiger partial charge in [0.05, 0.1) is 5.60 Å². The van der Waals surface area contributed by atoms with Gasteiger partial charge in [-0.2, -0.15) is 0 Å². The Morgan fingerprint density at radius 3 is 2.37 bits per heavy atom. The molecule has 0 bridgehead atoms. The number of amides is 2. The third kappa shape index (κ3) is 5.31. The molecule has 1 aliphatic rings. The van der Waals surface area contributed by atoms with E-state index in [-0.39, 0.29) is 6.03 Å². The number of nitrogens with one attached hydrogen (secondary N) is 1. The average molecular weight is 367 g/mol. The van der Waals surface area contributed by atoms with Crippen LogP contribution in [-0.2, 0) is 0 Å². The van der Waals surface area contributed by atoms with Crippen LogP contribution in [0.1, 0.15) is 19.3 Å². The Kier molecular flexibility index (Phi) is 6.14. The Morgan fingerprint density at radius 1 is 1.04 bits per heavy atom. The number of nitrogens with zero attached hydrogens (tertiary/aromatic N) is 2. The lowest BCUT2D eigenvalue weighted by Gasteiger charge is -2.29. The van der Waals surface area contributed by atoms with E-state index in [1.165, 1.54) is 0 Å². The molecule has 5 nitrogen and oxygen atoms in total. The standard InChI is InChI=1S/C22H29N3O2/c1-24(2)17-22(27)13-6-15-25(16-14-22)21(26)23-20-11-9-19(10-12-20)18-7-4-3-5-8-18/h3-5,7-12,27H,6,13-17H2,1-2H3,(H,23,26). The minimum Gasteiger partial charge on any atom is -0.388 e. The number of hydrogen-bond donors (Lipinski definition) is 2. The van der Waals surface area contributed by atoms with Crippen LogP contribution in [0.3, 0.4) is 0 Å². The Bertz CT molecular complexity index is 746. The van der Waals surface area contributed by atoms with Crippen molar-refractivity contribution in [2.24, 2.45) is 0 Å². The molecule has 2 amide bonds. The van der Waals surface area contributed by atoms with Gasteiger partial charge in [0.25, 0.3) is 0 Å². The fourth-order valence-corrected chi connectivity index (χ4v) is 3.71. The van der Waals surface area contributed by atoms with E-state index in [2.05, 4.69) is 17.4 Å². The Labute approximate surface area is 161 Å². The van der Waals surface area contributed by atoms with Crippen LogP contribution in [0.4, 0.5) is 10.5 Å². The first-order chi connectivity index (χ1) is 13.0. The number of hydrogen-bond acceptors (Lipinski definition) is 3. The first-order valence-corrected chi connectivity index (χ1v) is 9.54. The van der Waals surface area contributed by atoms with Crippen molar-refractivity contribution in [3.05, 3.63) is 54.6 Å². The van der Waals surface area contributed by atoms with Crippen molar-refractivity contribution >= 4 is 11.7 Å². The zero-order valence-corrected chi connectivity index (χ0v) is 16.2. The second-order valence-electron chi connectivity index (χ2n) is 7.68. The molecule has 5 heteroatoms. The number of likely N-dealkylation sites (tertiary alicyclic amines) is 1. The highest BCUT2D eigenvalue weighted by molar-refractivity contribution is 5.89. The SMILES string of the molecule is CN(C)CC1(O)CCCN(C(=O)Nc2ccc(-c3ccccc3)cc2)CC1. The van der Waals surface area contributed by atoms with Gasteiger partial charge in [-0.15, -0.1) is 0 Å². The highest BCUT2D eigenvalue weighted by Crippen LogP contribution is 2.24. The molecule has 1 aliphatic heterocycles. The molecular weight excluding hydrogens is 338 g/mol. The summed E-state index contributed by atoms with van der Waals surface area (Å²) in [6.45, 7) is 1.87. The molecule has 2 aromatic rings. The predicted octanol–water partition coefficient (Wildman–Crippen LogP) is 3.66. The summed E-state index contributed by atoms with van der Waals surface area (Å²) in [6, 6.07) is 18.0. The third-order valence-electron chi connectivity index (χ3n) is 5.06. The molecule has 0 saturated carbocycles. The van der Waals surface area contributed by atoms with E-state index in [1.807, 2.05) is 61.5 Å². The molecule has 1 heterocycles. The molecule has 1 unspecified atom stereocenters. The number of anilines is 1. The number of aliphatic hydroxyl groups is 1. The molecule has 27 heavy (non-hydrogen) atoms. The summed E-state index contributed by atoms with van der Waals surface area (Å²) in [4.78, 5) is 16.4. The van der Waals surface area contributed by atoms with Gasteiger partial charge in [-0.25, -0.2) is 4.79 Å². The van der Waals surface area contributed by atoms with E-state index in [1.54, 1.807) is 4.90 Å². The lowest BCUT2D eigenvalue weighted by atomic mass is 9.94. The average Bonchev–Trinajstić information content (AvgIpc) is 2.84. The van der Waals surface area contributed by atoms with Crippen molar-refractivity contribution in [1.82, 2.24) is 9.80 Å². The van der Waals surface area contributed by atoms with Crippen LogP contribution in [0, 0.1) is 0 Å². The minimum absolute atomic E-state index is 0.100. The molecule has 3 rings (SSSR count). The monoisotopic (exact) mass is 367 g/mol. The Hall–Kier alpha value is -2.37. The van der Waals surface area contributed by atoms with E-state index in [0.29, 0.717) is 26.1 Å². The van der Waals surface area contributed by atoms with E-state index >= 15 is 0 Å². The Morgan fingerprint density at radius 2 is 1.70 bits per heavy atom. The first kappa shape index (κ1) is 19.4. The van der Waals surface area contributed by atoms with Gasteiger partial charge in [0, 0.05) is 25.3 Å². The fourth-order valence-electron chi connectivity index (χ4n) is 3.71. The van der Waals surface area contributed by atoms with Crippen LogP contribution >= 0.6 is 0 Å². The molecule has 0 aliphatic carbocycles. The number of rotatable bonds is 4. The molecule has 1 saturated heterocycles. The van der Waals surface area contributed by atoms with Gasteiger partial charge in [-0.1, -0.05) is 42.5 Å². The summed E-state index contributed by atoms with van der Waals surface area (Å²) < 4.78 is 0. The zero-order chi connectivity index (χ0) is 19.3. The lowest BCUT2D eigenvalue weighted by molar-refractivity contribution is 0.00361. The molecule has 0 spiro atoms. The smallest absolute Gasteiger partial charge is 0.321 e. The van der Waals surface area contributed by atoms with Crippen LogP contribution in [0.5, 0.6) is 0 Å². The number of likely N-dealkylation sites (N-methyl/N-ethyl adjacent to an activating group) is 1. The number of benzene rings is 2. The molecule has 2 aromatic carbocycles. The number of urea groups is 1. The molecule has 0 radical (unpaired) electrons. The van der Waals surface area contributed by atoms with Crippen LogP contribution < -0.4 is 5.32 Å². The van der Waals surface area contributed by atoms with Crippen molar-refractivity contribution < 1.29 is 9.90 Å². The molecule has 0 aromatic heterocycles. The summed E-state index contributed by atoms with van der Waals surface area (Å²) in [5.74, 6) is 0. The van der Waals surface area contributed by atoms with E-state index < -0.39 is 5.60 Å². The molecule has 1 fully saturated rings. The van der Waals surface area contributed by atoms with Crippen molar-refractivity contribution in [2.75, 3.05) is 39.0 Å². The van der Waals surface area contributed by atoms with Crippen LogP contribution in [0.25, 0.3) is 11.1 Å². The lowest BCUT2D eigenvalue weighted by Crippen LogP contribution is -2.42. The normalized spacial score (nSPS) is 20.4. The summed E-state index contributed by atoms with van der Waals surface area (Å²) in [5, 5.41) is 13.7. The molecule has 144 valence electrons. The zero-order valence-electron chi connectivity index (χ0n) is 16.2. The van der Waals surface area contributed by atoms with Gasteiger partial charge in [0.2, 0.25) is 0 Å². The molecular formula is C22H29N3O2. The van der Waals surface area contributed by atoms with Gasteiger partial charge < -0.3 is 20.2 Å². The highest BCUT2D eigenvalue weighted by Gasteiger charge is 2.31. The number of carbonyl (C=O) groups excluding carboxylic acids is 1. The Balaban J connectivity index is 1.59. The fraction of sp³-hybridized carbons (Fsp3) is 0.409. The molecule has 2 N–H and O–H groups in total. The van der Waals surface area contributed by atoms with Crippen molar-refractivity contribution in [2.45, 2.75) is 24.9 Å². The largest absolute Gasteiger partial charge is 0.388 e. The van der Waals surface area contributed by atoms with E-state index in [0.717, 1.165) is 29.7 Å². The predicted molar refractivity (Wildman–Crippen MR) is 110 cm³/mol. The maximum absolute atomic E-state index is 12.6. The van der Waals surface area contributed by atoms with Crippen molar-refractivity contribution in [3.8, 4) is 11.1 Å². The van der Waals surface area contributed by atoms with Gasteiger partial charge in [0.1, 0.15) is 0 Å². The van der Waals surface area contributed by atoms with Crippen LogP contribution in [0.15, 0.2) is 54.6 Å². The summed E-state index contributed by atoms with van der Waals surface area (Å²) in [6.07, 6.45) is 2.14. The quantitative estimate of drug-likeness (QED) is 0.867. The van der Waals surface area contributed by atoms with Crippen LogP contribution in [-0.4, -0.2) is 60.3 Å². The van der Waals surface area contributed by atoms with E-state index in [9.17, 15) is 9.90 Å². The van der Waals surface area contributed by atoms with Gasteiger partial charge in [-0.3, -0.25) is 0 Å². The summed E-state index contributed by atoms with van der Waals surface area (Å²) >= 11 is 0. The minimum atomic E-state index is -0.712. The van der Waals surface area contributed by atoms with Crippen molar-refractivity contribution in [1.29, 1.82) is 0 Å². The second kappa shape index (κ2) is 8.55. The first-order valence-electron chi connectivity index (χ1n) is 9.54. The van der Waals surface area contributed by atoms with Gasteiger partial charge >= 0.3 is 6.03 Å². The number of carbonyl (C=O) groups is 1. The molecule has 1 atom stereocenters. The third-order valence-corrected chi connectivity index (χ3v) is 5.06. The maximum atomic E-state index is 12.6. The van der Waals surface area contributed by atoms with Gasteiger partial charge in [-0.05, 0) is 56.6 Å². The van der Waals surface area contributed by atoms with E-state index in [4.69, 9.17) is 0 Å². The van der Waals surface area contributed by atoms with Gasteiger partial charge in [0.15, 0.2) is 0 Å². The summed E-state index contributed by atoms with van der Waals surface area (Å²) in [5.41, 5.74) is 2.35. The topological polar surface area (TPSA) is 55.8 Å². The van der Waals surface area contributed by atoms with Crippen LogP contribution in [0.2, 0.25) is 0 Å². The second-order valence-corrected chi connectivity index (χ2v) is 7.68. The maximum Gasteiger partial charge on any atom is 0.321 e. The highest BCUT2D eigenvalue weighted by atomic mass is 16.3.